The molecular weight excluding hydrogens is 1860 g/mol. The van der Waals surface area contributed by atoms with Crippen LogP contribution < -0.4 is 11.1 Å². The lowest BCUT2D eigenvalue weighted by Gasteiger charge is -2.49. The number of nitrogens with one attached hydrogen (secondary N) is 1. The zero-order chi connectivity index (χ0) is 109. The highest BCUT2D eigenvalue weighted by Crippen LogP contribution is 2.45. The van der Waals surface area contributed by atoms with Gasteiger partial charge in [-0.25, -0.2) is 8.42 Å². The van der Waals surface area contributed by atoms with Crippen LogP contribution in [0.3, 0.4) is 0 Å². The zero-order valence-corrected chi connectivity index (χ0v) is 100. The molecule has 14 aliphatic rings. The summed E-state index contributed by atoms with van der Waals surface area (Å²) in [4.78, 5) is 56.6. The van der Waals surface area contributed by atoms with Gasteiger partial charge in [0.25, 0.3) is 0 Å². The Labute approximate surface area is 896 Å². The summed E-state index contributed by atoms with van der Waals surface area (Å²) in [6.45, 7) is 100. The molecule has 0 aromatic heterocycles. The van der Waals surface area contributed by atoms with Gasteiger partial charge in [-0.3, -0.25) is 48.8 Å². The fourth-order valence-electron chi connectivity index (χ4n) is 23.5. The van der Waals surface area contributed by atoms with Crippen LogP contribution in [0.15, 0.2) is 0 Å². The van der Waals surface area contributed by atoms with Crippen LogP contribution in [-0.4, -0.2) is 480 Å². The number of likely N-dealkylation sites (N-methyl/N-ethyl adjacent to an activating group) is 1. The minimum Gasteiger partial charge on any atom is -0.393 e. The van der Waals surface area contributed by atoms with Gasteiger partial charge in [-0.2, -0.15) is 0 Å². The molecule has 1 saturated carbocycles. The number of sulfone groups is 1. The van der Waals surface area contributed by atoms with Gasteiger partial charge in [0.2, 0.25) is 11.8 Å². The minimum atomic E-state index is -2.72. The van der Waals surface area contributed by atoms with Gasteiger partial charge in [0.05, 0.1) is 83.6 Å². The van der Waals surface area contributed by atoms with E-state index >= 15 is 0 Å². The van der Waals surface area contributed by atoms with E-state index in [0.717, 1.165) is 301 Å². The first-order chi connectivity index (χ1) is 68.1. The average Bonchev–Trinajstić information content (AvgIpc) is 1.76. The number of aliphatic hydroxyl groups excluding tert-OH is 3. The molecule has 7 atom stereocenters. The zero-order valence-electron chi connectivity index (χ0n) is 99.5. The van der Waals surface area contributed by atoms with Crippen molar-refractivity contribution in [3.63, 3.8) is 0 Å². The van der Waals surface area contributed by atoms with Gasteiger partial charge in [0.1, 0.15) is 0 Å². The Hall–Kier alpha value is -2.03. The summed E-state index contributed by atoms with van der Waals surface area (Å²) in [6, 6.07) is 2.50. The number of rotatable bonds is 30. The van der Waals surface area contributed by atoms with E-state index in [2.05, 4.69) is 212 Å². The van der Waals surface area contributed by atoms with Gasteiger partial charge in [-0.15, -0.1) is 0 Å². The third-order valence-corrected chi connectivity index (χ3v) is 33.9. The average molecular weight is 2100 g/mol. The first kappa shape index (κ1) is 134. The molecule has 146 heavy (non-hydrogen) atoms. The molecule has 0 spiro atoms. The second-order valence-corrected chi connectivity index (χ2v) is 55.8. The van der Waals surface area contributed by atoms with Gasteiger partial charge >= 0.3 is 0 Å². The highest BCUT2D eigenvalue weighted by atomic mass is 32.2. The van der Waals surface area contributed by atoms with E-state index in [1.807, 2.05) is 41.7 Å². The molecule has 29 nitrogen and oxygen atoms in total. The Kier molecular flexibility index (Phi) is 61.3. The maximum atomic E-state index is 11.3. The van der Waals surface area contributed by atoms with Crippen molar-refractivity contribution in [2.75, 3.05) is 281 Å². The van der Waals surface area contributed by atoms with Crippen molar-refractivity contribution >= 4 is 21.7 Å². The number of primary amides is 1. The predicted octanol–water partition coefficient (Wildman–Crippen LogP) is 11.5. The van der Waals surface area contributed by atoms with E-state index in [4.69, 9.17) is 15.6 Å². The molecule has 864 valence electrons. The number of morpholine rings is 1. The molecule has 14 fully saturated rings. The fourth-order valence-corrected chi connectivity index (χ4v) is 24.7. The summed E-state index contributed by atoms with van der Waals surface area (Å²) in [5, 5.41) is 81.8. The molecule has 0 aromatic carbocycles. The quantitative estimate of drug-likeness (QED) is 0.0319. The Morgan fingerprint density at radius 3 is 1.20 bits per heavy atom. The number of hydrogen-bond acceptors (Lipinski definition) is 27. The van der Waals surface area contributed by atoms with Crippen LogP contribution in [0.25, 0.3) is 0 Å². The van der Waals surface area contributed by atoms with Crippen LogP contribution in [0.1, 0.15) is 309 Å². The number of amides is 2. The van der Waals surface area contributed by atoms with Crippen molar-refractivity contribution in [2.45, 2.75) is 379 Å². The maximum Gasteiger partial charge on any atom is 0.237 e. The van der Waals surface area contributed by atoms with Crippen LogP contribution in [0.2, 0.25) is 0 Å². The third kappa shape index (κ3) is 54.8. The summed E-state index contributed by atoms with van der Waals surface area (Å²) in [7, 11) is -0.733. The first-order valence-electron chi connectivity index (χ1n) is 59.3. The van der Waals surface area contributed by atoms with E-state index in [1.54, 1.807) is 13.8 Å². The summed E-state index contributed by atoms with van der Waals surface area (Å²) in [5.41, 5.74) is 2.07. The van der Waals surface area contributed by atoms with Crippen LogP contribution >= 0.6 is 0 Å². The minimum absolute atomic E-state index is 0.00432. The third-order valence-electron chi connectivity index (χ3n) is 32.3. The number of nitrogens with two attached hydrogens (primary N) is 1. The number of carbonyl (C=O) groups excluding carboxylic acids is 2. The summed E-state index contributed by atoms with van der Waals surface area (Å²) in [6.07, 6.45) is 19.2. The molecule has 14 rings (SSSR count). The van der Waals surface area contributed by atoms with Crippen LogP contribution in [0.5, 0.6) is 0 Å². The Morgan fingerprint density at radius 1 is 0.418 bits per heavy atom. The Morgan fingerprint density at radius 2 is 0.781 bits per heavy atom. The molecule has 13 saturated heterocycles. The van der Waals surface area contributed by atoms with Crippen molar-refractivity contribution in [2.24, 2.45) is 82.7 Å². The van der Waals surface area contributed by atoms with E-state index in [1.165, 1.54) is 111 Å². The topological polar surface area (TPSA) is 323 Å². The Bertz CT molecular complexity index is 3530. The van der Waals surface area contributed by atoms with Crippen molar-refractivity contribution < 1.29 is 63.6 Å². The van der Waals surface area contributed by atoms with Gasteiger partial charge in [-0.1, -0.05) is 138 Å². The SMILES string of the molecule is CC(C)CN1CC(N(C)C(C)(C)C(N)=O)C1.CC(C)CN1CC(N2CCNC(=O)C2)C1.CC(C)CN1CC(N2CCOCC2)C1.CC(C)CN1CC(N2CCS(=O)(=O)CC2)C1.CC(C)CN1CCC(O)C(C(C)(C)O)CC1.CC(C)CN1CCCC(C(C)(C)O)CC1.CC(C)CN1CCCC(C)(O)CC1.CC(C)CN1CCCC(O)(C2CC2)CC1.CC(C)CN1CCCC(O)(CO)CC1.CC(C)CN1CCCC(O)CC1. The second kappa shape index (κ2) is 66.6. The maximum absolute atomic E-state index is 11.3. The monoisotopic (exact) mass is 2090 g/mol. The summed E-state index contributed by atoms with van der Waals surface area (Å²) >= 11 is 0. The molecule has 30 heteroatoms. The molecule has 1 aliphatic carbocycles. The lowest BCUT2D eigenvalue weighted by atomic mass is 9.83. The van der Waals surface area contributed by atoms with Crippen LogP contribution in [0, 0.1) is 76.9 Å². The van der Waals surface area contributed by atoms with Gasteiger partial charge < -0.3 is 86.0 Å². The van der Waals surface area contributed by atoms with Gasteiger partial charge in [0, 0.05) is 220 Å². The molecule has 13 aliphatic heterocycles. The smallest absolute Gasteiger partial charge is 0.237 e. The molecule has 11 N–H and O–H groups in total. The normalized spacial score (nSPS) is 27.8. The van der Waals surface area contributed by atoms with Crippen molar-refractivity contribution in [1.29, 1.82) is 0 Å². The fraction of sp³-hybridized carbons (Fsp3) is 0.983. The predicted molar refractivity (Wildman–Crippen MR) is 607 cm³/mol. The highest BCUT2D eigenvalue weighted by Gasteiger charge is 2.46. The highest BCUT2D eigenvalue weighted by molar-refractivity contribution is 7.91. The molecule has 0 aromatic rings. The van der Waals surface area contributed by atoms with Crippen molar-refractivity contribution in [3.8, 4) is 0 Å². The number of ether oxygens (including phenoxy) is 1. The lowest BCUT2D eigenvalue weighted by molar-refractivity contribution is -0.131. The number of hydrogen-bond donors (Lipinski definition) is 10. The standard InChI is InChI=1S/C13H27NO2.C13H25NO.C13H27NO.C12H25N3O.C11H21N3O.C11H22N2O2S.C11H22N2O.C11H23NO2.C11H23NO.C10H21NO/c1-10(2)9-14-7-5-11(13(3,4)16)12(15)6-8-14;1-11(2)10-14-8-3-6-13(15,7-9-14)12-4-5-12;1-11(2)10-14-8-5-6-12(7-9-14)13(3,4)15;1-9(2)6-15-7-10(8-15)14(5)12(3,4)11(13)16;1-9(2)5-13-6-10(7-13)14-4-3-12-11(15)8-14;1-10(2)7-12-8-11(9-12)13-3-5-16(14,15)6-4-13;1-10(2)7-12-8-11(9-12)13-3-5-14-6-4-13;1-10(2)8-12-6-3-4-11(14,9-13)5-7-12;1-10(2)9-12-7-4-5-11(3,13)6-8-12;1-9(2)8-11-6-3-4-10(12)5-7-11/h10-12,15-16H,5-9H2,1-4H3;11-12,15H,3-10H2,1-2H3;11-12,15H,5-10H2,1-4H3;9-10H,6-8H2,1-5H3,(H2,13,16);9-10H,3-8H2,1-2H3,(H,12,15);10-11H,3-9H2,1-2H3;10-11H,3-9H2,1-2H3;10,13-14H,3-9H2,1-2H3;10,13H,4-9H2,1-3H3;9-10,12H,3-8H2,1-2H3. The number of carbonyl (C=O) groups is 2. The van der Waals surface area contributed by atoms with E-state index in [9.17, 15) is 53.8 Å². The van der Waals surface area contributed by atoms with Crippen LogP contribution in [-0.2, 0) is 24.2 Å². The number of aliphatic hydroxyl groups is 8. The van der Waals surface area contributed by atoms with Gasteiger partial charge in [0.15, 0.2) is 9.84 Å². The number of likely N-dealkylation sites (tertiary alicyclic amines) is 10. The van der Waals surface area contributed by atoms with Crippen molar-refractivity contribution in [3.05, 3.63) is 0 Å². The van der Waals surface area contributed by atoms with Crippen molar-refractivity contribution in [1.82, 2.24) is 73.9 Å². The molecule has 7 unspecified atom stereocenters. The largest absolute Gasteiger partial charge is 0.393 e. The first-order valence-corrected chi connectivity index (χ1v) is 61.1. The van der Waals surface area contributed by atoms with E-state index in [-0.39, 0.29) is 42.1 Å². The number of piperazine rings is 1. The Balaban J connectivity index is 0.000000286. The summed E-state index contributed by atoms with van der Waals surface area (Å²) < 4.78 is 28.0. The van der Waals surface area contributed by atoms with E-state index < -0.39 is 37.8 Å². The molecule has 0 bridgehead atoms. The molecule has 2 amide bonds. The number of nitrogens with zero attached hydrogens (tertiary/aromatic N) is 14. The van der Waals surface area contributed by atoms with Gasteiger partial charge in [-0.05, 0) is 294 Å². The lowest BCUT2D eigenvalue weighted by Crippen LogP contribution is -2.66. The second-order valence-electron chi connectivity index (χ2n) is 53.5. The van der Waals surface area contributed by atoms with Crippen LogP contribution in [0.4, 0.5) is 0 Å². The molecule has 13 heterocycles. The van der Waals surface area contributed by atoms with E-state index in [0.29, 0.717) is 72.2 Å². The summed E-state index contributed by atoms with van der Waals surface area (Å²) in [5.74, 6) is 9.07. The molecule has 0 radical (unpaired) electrons. The molecular formula is C116H236N16O13S.